The van der Waals surface area contributed by atoms with Crippen LogP contribution in [0.1, 0.15) is 0 Å². The van der Waals surface area contributed by atoms with Crippen LogP contribution in [0, 0.1) is 0 Å². The van der Waals surface area contributed by atoms with E-state index in [4.69, 9.17) is 4.42 Å². The summed E-state index contributed by atoms with van der Waals surface area (Å²) in [6.45, 7) is 0. The maximum absolute atomic E-state index is 6.78. The van der Waals surface area contributed by atoms with Gasteiger partial charge in [0.05, 0.1) is 5.69 Å². The first kappa shape index (κ1) is 27.9. The Morgan fingerprint density at radius 3 is 1.82 bits per heavy atom. The zero-order chi connectivity index (χ0) is 32.3. The summed E-state index contributed by atoms with van der Waals surface area (Å²) in [6.07, 6.45) is 0. The normalized spacial score (nSPS) is 11.7. The molecule has 0 radical (unpaired) electrons. The average Bonchev–Trinajstić information content (AvgIpc) is 3.74. The number of nitrogens with zero attached hydrogens (tertiary/aromatic N) is 1. The standard InChI is InChI=1S/C46H29NOS/c1-3-12-30(13-4-1)31-22-24-33(25-23-31)47(40-19-11-21-44-46(40)38-18-9-10-20-43(38)49-44)34-26-27-37-41(28-34)48-42-29-39(32-14-5-2-6-15-32)35-16-7-8-17-36(35)45(37)42/h1-29H. The second kappa shape index (κ2) is 11.2. The minimum absolute atomic E-state index is 0.871. The van der Waals surface area contributed by atoms with Gasteiger partial charge in [0.15, 0.2) is 0 Å². The van der Waals surface area contributed by atoms with Crippen LogP contribution in [-0.4, -0.2) is 0 Å². The lowest BCUT2D eigenvalue weighted by atomic mass is 9.95. The quantitative estimate of drug-likeness (QED) is 0.186. The number of hydrogen-bond acceptors (Lipinski definition) is 3. The summed E-state index contributed by atoms with van der Waals surface area (Å²) < 4.78 is 9.34. The van der Waals surface area contributed by atoms with E-state index in [1.54, 1.807) is 0 Å². The second-order valence-electron chi connectivity index (χ2n) is 12.5. The van der Waals surface area contributed by atoms with Crippen LogP contribution in [0.15, 0.2) is 180 Å². The van der Waals surface area contributed by atoms with Crippen LogP contribution < -0.4 is 4.90 Å². The van der Waals surface area contributed by atoms with E-state index in [9.17, 15) is 0 Å². The molecule has 3 heteroatoms. The summed E-state index contributed by atoms with van der Waals surface area (Å²) in [4.78, 5) is 2.39. The molecule has 2 aromatic heterocycles. The molecule has 0 N–H and O–H groups in total. The van der Waals surface area contributed by atoms with Gasteiger partial charge in [-0.05, 0) is 81.6 Å². The summed E-state index contributed by atoms with van der Waals surface area (Å²) in [5.74, 6) is 0. The van der Waals surface area contributed by atoms with Gasteiger partial charge in [-0.2, -0.15) is 0 Å². The van der Waals surface area contributed by atoms with Crippen LogP contribution in [0.4, 0.5) is 17.1 Å². The lowest BCUT2D eigenvalue weighted by molar-refractivity contribution is 0.669. The topological polar surface area (TPSA) is 16.4 Å². The fraction of sp³-hybridized carbons (Fsp3) is 0. The Balaban J connectivity index is 1.20. The first-order valence-electron chi connectivity index (χ1n) is 16.6. The molecule has 0 amide bonds. The maximum Gasteiger partial charge on any atom is 0.137 e. The third-order valence-electron chi connectivity index (χ3n) is 9.66. The summed E-state index contributed by atoms with van der Waals surface area (Å²) in [6, 6.07) is 63.0. The van der Waals surface area contributed by atoms with Crippen LogP contribution >= 0.6 is 11.3 Å². The van der Waals surface area contributed by atoms with Crippen molar-refractivity contribution in [2.45, 2.75) is 0 Å². The predicted octanol–water partition coefficient (Wildman–Crippen LogP) is 13.9. The van der Waals surface area contributed by atoms with Gasteiger partial charge in [-0.3, -0.25) is 0 Å². The second-order valence-corrected chi connectivity index (χ2v) is 13.6. The summed E-state index contributed by atoms with van der Waals surface area (Å²) in [5, 5.41) is 7.24. The highest BCUT2D eigenvalue weighted by atomic mass is 32.1. The van der Waals surface area contributed by atoms with E-state index in [0.717, 1.165) is 39.0 Å². The zero-order valence-corrected chi connectivity index (χ0v) is 27.3. The smallest absolute Gasteiger partial charge is 0.137 e. The molecule has 0 unspecified atom stereocenters. The van der Waals surface area contributed by atoms with E-state index in [1.165, 1.54) is 53.2 Å². The van der Waals surface area contributed by atoms with Gasteiger partial charge in [0.2, 0.25) is 0 Å². The van der Waals surface area contributed by atoms with E-state index in [2.05, 4.69) is 181 Å². The SMILES string of the molecule is c1ccc(-c2ccc(N(c3ccc4c(c3)oc3cc(-c5ccccc5)c5ccccc5c34)c3cccc4sc5ccccc5c34)cc2)cc1. The van der Waals surface area contributed by atoms with Crippen LogP contribution in [0.5, 0.6) is 0 Å². The molecular weight excluding hydrogens is 615 g/mol. The van der Waals surface area contributed by atoms with Crippen molar-refractivity contribution in [1.29, 1.82) is 0 Å². The Labute approximate surface area is 287 Å². The third kappa shape index (κ3) is 4.55. The van der Waals surface area contributed by atoms with Crippen molar-refractivity contribution in [1.82, 2.24) is 0 Å². The summed E-state index contributed by atoms with van der Waals surface area (Å²) >= 11 is 1.84. The molecule has 2 heterocycles. The Morgan fingerprint density at radius 1 is 0.388 bits per heavy atom. The molecule has 0 bridgehead atoms. The van der Waals surface area contributed by atoms with Crippen molar-refractivity contribution in [3.8, 4) is 22.3 Å². The highest BCUT2D eigenvalue weighted by Gasteiger charge is 2.21. The summed E-state index contributed by atoms with van der Waals surface area (Å²) in [7, 11) is 0. The Kier molecular flexibility index (Phi) is 6.39. The van der Waals surface area contributed by atoms with Gasteiger partial charge in [-0.25, -0.2) is 0 Å². The lowest BCUT2D eigenvalue weighted by Gasteiger charge is -2.26. The van der Waals surface area contributed by atoms with Crippen LogP contribution in [0.3, 0.4) is 0 Å². The molecule has 0 saturated carbocycles. The van der Waals surface area contributed by atoms with Gasteiger partial charge in [0, 0.05) is 48.4 Å². The van der Waals surface area contributed by atoms with Crippen molar-refractivity contribution in [2.24, 2.45) is 0 Å². The lowest BCUT2D eigenvalue weighted by Crippen LogP contribution is -2.10. The molecule has 10 rings (SSSR count). The molecule has 0 fully saturated rings. The van der Waals surface area contributed by atoms with Crippen molar-refractivity contribution in [2.75, 3.05) is 4.90 Å². The van der Waals surface area contributed by atoms with Gasteiger partial charge in [0.1, 0.15) is 11.2 Å². The van der Waals surface area contributed by atoms with E-state index < -0.39 is 0 Å². The molecular formula is C46H29NOS. The van der Waals surface area contributed by atoms with Gasteiger partial charge in [-0.1, -0.05) is 121 Å². The predicted molar refractivity (Wildman–Crippen MR) is 210 cm³/mol. The highest BCUT2D eigenvalue weighted by molar-refractivity contribution is 7.26. The van der Waals surface area contributed by atoms with Crippen molar-refractivity contribution >= 4 is 81.3 Å². The first-order valence-corrected chi connectivity index (χ1v) is 17.4. The Bertz CT molecular complexity index is 2810. The fourth-order valence-electron chi connectivity index (χ4n) is 7.43. The first-order chi connectivity index (χ1) is 24.3. The van der Waals surface area contributed by atoms with Gasteiger partial charge in [-0.15, -0.1) is 11.3 Å². The largest absolute Gasteiger partial charge is 0.456 e. The van der Waals surface area contributed by atoms with Gasteiger partial charge >= 0.3 is 0 Å². The number of rotatable bonds is 5. The molecule has 0 aliphatic heterocycles. The van der Waals surface area contributed by atoms with E-state index in [-0.39, 0.29) is 0 Å². The highest BCUT2D eigenvalue weighted by Crippen LogP contribution is 2.47. The van der Waals surface area contributed by atoms with Crippen LogP contribution in [-0.2, 0) is 0 Å². The van der Waals surface area contributed by atoms with Gasteiger partial charge < -0.3 is 9.32 Å². The number of thiophene rings is 1. The maximum atomic E-state index is 6.78. The Morgan fingerprint density at radius 2 is 1.02 bits per heavy atom. The molecule has 0 aliphatic carbocycles. The molecule has 49 heavy (non-hydrogen) atoms. The molecule has 0 spiro atoms. The monoisotopic (exact) mass is 643 g/mol. The molecule has 2 nitrogen and oxygen atoms in total. The van der Waals surface area contributed by atoms with Crippen LogP contribution in [0.2, 0.25) is 0 Å². The molecule has 0 saturated heterocycles. The molecule has 10 aromatic rings. The minimum atomic E-state index is 0.871. The number of hydrogen-bond donors (Lipinski definition) is 0. The zero-order valence-electron chi connectivity index (χ0n) is 26.5. The number of fused-ring (bicyclic) bond motifs is 8. The van der Waals surface area contributed by atoms with E-state index >= 15 is 0 Å². The van der Waals surface area contributed by atoms with Gasteiger partial charge in [0.25, 0.3) is 0 Å². The van der Waals surface area contributed by atoms with Crippen molar-refractivity contribution in [3.63, 3.8) is 0 Å². The van der Waals surface area contributed by atoms with Crippen molar-refractivity contribution < 1.29 is 4.42 Å². The van der Waals surface area contributed by atoms with E-state index in [1.807, 2.05) is 11.3 Å². The molecule has 0 atom stereocenters. The number of benzene rings is 8. The Hall–Kier alpha value is -6.16. The summed E-state index contributed by atoms with van der Waals surface area (Å²) in [5.41, 5.74) is 9.82. The van der Waals surface area contributed by atoms with Crippen molar-refractivity contribution in [3.05, 3.63) is 176 Å². The molecule has 0 aliphatic rings. The fourth-order valence-corrected chi connectivity index (χ4v) is 8.55. The average molecular weight is 644 g/mol. The number of anilines is 3. The minimum Gasteiger partial charge on any atom is -0.456 e. The molecule has 8 aromatic carbocycles. The number of furan rings is 1. The molecule has 230 valence electrons. The van der Waals surface area contributed by atoms with E-state index in [0.29, 0.717) is 0 Å². The third-order valence-corrected chi connectivity index (χ3v) is 10.8. The van der Waals surface area contributed by atoms with Crippen LogP contribution in [0.25, 0.3) is 75.1 Å².